The molecule has 0 spiro atoms. The Labute approximate surface area is 97.7 Å². The fraction of sp³-hybridized carbons (Fsp3) is 0.364. The number of carbonyl (C=O) groups is 1. The first kappa shape index (κ1) is 12.0. The van der Waals surface area contributed by atoms with Gasteiger partial charge >= 0.3 is 0 Å². The van der Waals surface area contributed by atoms with Crippen molar-refractivity contribution in [1.29, 1.82) is 0 Å². The highest BCUT2D eigenvalue weighted by Gasteiger charge is 2.11. The first-order valence-electron chi connectivity index (χ1n) is 4.85. The van der Waals surface area contributed by atoms with E-state index >= 15 is 0 Å². The SMILES string of the molecule is CCOc1cc(N)c(C(=O)CC)cc1Br. The molecule has 0 saturated heterocycles. The van der Waals surface area contributed by atoms with E-state index in [0.29, 0.717) is 30.0 Å². The maximum Gasteiger partial charge on any atom is 0.164 e. The highest BCUT2D eigenvalue weighted by atomic mass is 79.9. The Morgan fingerprint density at radius 2 is 2.13 bits per heavy atom. The summed E-state index contributed by atoms with van der Waals surface area (Å²) in [6, 6.07) is 3.39. The van der Waals surface area contributed by atoms with Gasteiger partial charge in [-0.3, -0.25) is 4.79 Å². The van der Waals surface area contributed by atoms with Crippen LogP contribution in [0, 0.1) is 0 Å². The Bertz CT molecular complexity index is 377. The van der Waals surface area contributed by atoms with Crippen LogP contribution in [0.5, 0.6) is 5.75 Å². The van der Waals surface area contributed by atoms with Crippen LogP contribution in [-0.4, -0.2) is 12.4 Å². The number of nitrogens with two attached hydrogens (primary N) is 1. The molecule has 0 radical (unpaired) electrons. The summed E-state index contributed by atoms with van der Waals surface area (Å²) in [4.78, 5) is 11.5. The number of hydrogen-bond acceptors (Lipinski definition) is 3. The Balaban J connectivity index is 3.13. The maximum absolute atomic E-state index is 11.5. The van der Waals surface area contributed by atoms with Crippen molar-refractivity contribution in [2.24, 2.45) is 0 Å². The molecule has 0 amide bonds. The Kier molecular flexibility index (Phi) is 4.15. The summed E-state index contributed by atoms with van der Waals surface area (Å²) in [5.74, 6) is 0.707. The first-order chi connectivity index (χ1) is 7.10. The Hall–Kier alpha value is -1.03. The molecule has 0 aliphatic rings. The normalized spacial score (nSPS) is 10.1. The number of anilines is 1. The van der Waals surface area contributed by atoms with E-state index in [2.05, 4.69) is 15.9 Å². The zero-order valence-corrected chi connectivity index (χ0v) is 10.4. The molecule has 2 N–H and O–H groups in total. The summed E-state index contributed by atoms with van der Waals surface area (Å²) in [7, 11) is 0. The monoisotopic (exact) mass is 271 g/mol. The van der Waals surface area contributed by atoms with Crippen LogP contribution >= 0.6 is 15.9 Å². The minimum absolute atomic E-state index is 0.0382. The smallest absolute Gasteiger partial charge is 0.164 e. The lowest BCUT2D eigenvalue weighted by Gasteiger charge is -2.10. The number of hydrogen-bond donors (Lipinski definition) is 1. The number of carbonyl (C=O) groups excluding carboxylic acids is 1. The highest BCUT2D eigenvalue weighted by Crippen LogP contribution is 2.30. The van der Waals surface area contributed by atoms with E-state index in [4.69, 9.17) is 10.5 Å². The van der Waals surface area contributed by atoms with Gasteiger partial charge in [0, 0.05) is 23.7 Å². The fourth-order valence-corrected chi connectivity index (χ4v) is 1.72. The number of Topliss-reactive ketones (excluding diaryl/α,β-unsaturated/α-hetero) is 1. The van der Waals surface area contributed by atoms with Crippen LogP contribution in [0.1, 0.15) is 30.6 Å². The van der Waals surface area contributed by atoms with Crippen molar-refractivity contribution in [3.8, 4) is 5.75 Å². The Morgan fingerprint density at radius 1 is 1.47 bits per heavy atom. The van der Waals surface area contributed by atoms with E-state index in [1.165, 1.54) is 0 Å². The molecular weight excluding hydrogens is 258 g/mol. The standard InChI is InChI=1S/C11H14BrNO2/c1-3-10(14)7-5-8(12)11(15-4-2)6-9(7)13/h5-6H,3-4,13H2,1-2H3. The third-order valence-corrected chi connectivity index (χ3v) is 2.65. The van der Waals surface area contributed by atoms with Gasteiger partial charge in [0.2, 0.25) is 0 Å². The van der Waals surface area contributed by atoms with Gasteiger partial charge < -0.3 is 10.5 Å². The minimum Gasteiger partial charge on any atom is -0.493 e. The number of rotatable bonds is 4. The van der Waals surface area contributed by atoms with E-state index in [1.54, 1.807) is 12.1 Å². The van der Waals surface area contributed by atoms with Crippen LogP contribution in [0.4, 0.5) is 5.69 Å². The summed E-state index contributed by atoms with van der Waals surface area (Å²) in [5.41, 5.74) is 6.79. The molecule has 1 aromatic carbocycles. The van der Waals surface area contributed by atoms with Crippen molar-refractivity contribution in [1.82, 2.24) is 0 Å². The quantitative estimate of drug-likeness (QED) is 0.677. The van der Waals surface area contributed by atoms with Gasteiger partial charge in [-0.2, -0.15) is 0 Å². The second-order valence-electron chi connectivity index (χ2n) is 3.08. The summed E-state index contributed by atoms with van der Waals surface area (Å²) in [6.45, 7) is 4.28. The lowest BCUT2D eigenvalue weighted by atomic mass is 10.1. The first-order valence-corrected chi connectivity index (χ1v) is 5.64. The number of benzene rings is 1. The van der Waals surface area contributed by atoms with Crippen LogP contribution in [0.2, 0.25) is 0 Å². The van der Waals surface area contributed by atoms with E-state index in [9.17, 15) is 4.79 Å². The predicted molar refractivity (Wildman–Crippen MR) is 64.3 cm³/mol. The van der Waals surface area contributed by atoms with Gasteiger partial charge in [-0.1, -0.05) is 6.92 Å². The van der Waals surface area contributed by atoms with Crippen molar-refractivity contribution in [2.45, 2.75) is 20.3 Å². The zero-order chi connectivity index (χ0) is 11.4. The molecule has 0 aliphatic carbocycles. The predicted octanol–water partition coefficient (Wildman–Crippen LogP) is 3.02. The molecule has 82 valence electrons. The minimum atomic E-state index is 0.0382. The Morgan fingerprint density at radius 3 is 2.67 bits per heavy atom. The molecule has 0 heterocycles. The molecule has 0 aromatic heterocycles. The third kappa shape index (κ3) is 2.72. The van der Waals surface area contributed by atoms with Crippen molar-refractivity contribution < 1.29 is 9.53 Å². The van der Waals surface area contributed by atoms with Crippen molar-refractivity contribution in [3.05, 3.63) is 22.2 Å². The van der Waals surface area contributed by atoms with Gasteiger partial charge in [-0.25, -0.2) is 0 Å². The summed E-state index contributed by atoms with van der Waals surface area (Å²) >= 11 is 3.35. The molecule has 3 nitrogen and oxygen atoms in total. The van der Waals surface area contributed by atoms with Crippen LogP contribution < -0.4 is 10.5 Å². The molecule has 0 atom stereocenters. The molecule has 0 fully saturated rings. The van der Waals surface area contributed by atoms with E-state index in [0.717, 1.165) is 4.47 Å². The average molecular weight is 272 g/mol. The molecule has 4 heteroatoms. The number of ketones is 1. The molecule has 0 saturated carbocycles. The molecule has 1 rings (SSSR count). The lowest BCUT2D eigenvalue weighted by Crippen LogP contribution is -2.04. The van der Waals surface area contributed by atoms with Gasteiger partial charge in [0.05, 0.1) is 11.1 Å². The van der Waals surface area contributed by atoms with Crippen LogP contribution in [-0.2, 0) is 0 Å². The number of nitrogen functional groups attached to an aromatic ring is 1. The largest absolute Gasteiger partial charge is 0.493 e. The van der Waals surface area contributed by atoms with Crippen molar-refractivity contribution in [3.63, 3.8) is 0 Å². The zero-order valence-electron chi connectivity index (χ0n) is 8.84. The number of ether oxygens (including phenoxy) is 1. The van der Waals surface area contributed by atoms with Crippen molar-refractivity contribution in [2.75, 3.05) is 12.3 Å². The van der Waals surface area contributed by atoms with Gasteiger partial charge in [0.25, 0.3) is 0 Å². The summed E-state index contributed by atoms with van der Waals surface area (Å²) < 4.78 is 6.11. The maximum atomic E-state index is 11.5. The van der Waals surface area contributed by atoms with Crippen LogP contribution in [0.15, 0.2) is 16.6 Å². The highest BCUT2D eigenvalue weighted by molar-refractivity contribution is 9.10. The van der Waals surface area contributed by atoms with E-state index in [1.807, 2.05) is 13.8 Å². The summed E-state index contributed by atoms with van der Waals surface area (Å²) in [6.07, 6.45) is 0.449. The second kappa shape index (κ2) is 5.16. The van der Waals surface area contributed by atoms with Crippen LogP contribution in [0.3, 0.4) is 0 Å². The third-order valence-electron chi connectivity index (χ3n) is 2.03. The van der Waals surface area contributed by atoms with Crippen molar-refractivity contribution >= 4 is 27.4 Å². The average Bonchev–Trinajstić information content (AvgIpc) is 2.22. The topological polar surface area (TPSA) is 52.3 Å². The van der Waals surface area contributed by atoms with E-state index in [-0.39, 0.29) is 5.78 Å². The molecule has 0 aliphatic heterocycles. The summed E-state index contributed by atoms with van der Waals surface area (Å²) in [5, 5.41) is 0. The van der Waals surface area contributed by atoms with Gasteiger partial charge in [-0.15, -0.1) is 0 Å². The van der Waals surface area contributed by atoms with Crippen LogP contribution in [0.25, 0.3) is 0 Å². The molecular formula is C11H14BrNO2. The van der Waals surface area contributed by atoms with Gasteiger partial charge in [-0.05, 0) is 28.9 Å². The lowest BCUT2D eigenvalue weighted by molar-refractivity contribution is 0.0989. The van der Waals surface area contributed by atoms with Gasteiger partial charge in [0.1, 0.15) is 5.75 Å². The molecule has 1 aromatic rings. The molecule has 15 heavy (non-hydrogen) atoms. The second-order valence-corrected chi connectivity index (χ2v) is 3.93. The molecule has 0 unspecified atom stereocenters. The van der Waals surface area contributed by atoms with E-state index < -0.39 is 0 Å². The number of halogens is 1. The molecule has 0 bridgehead atoms. The van der Waals surface area contributed by atoms with Gasteiger partial charge in [0.15, 0.2) is 5.78 Å². The fourth-order valence-electron chi connectivity index (χ4n) is 1.27.